The number of carbonyl (C=O) groups excluding carboxylic acids is 3. The van der Waals surface area contributed by atoms with Crippen LogP contribution in [0.15, 0.2) is 47.4 Å². The Morgan fingerprint density at radius 1 is 1.17 bits per heavy atom. The molecular formula is C27H25N3O6. The van der Waals surface area contributed by atoms with Crippen LogP contribution in [0.1, 0.15) is 48.1 Å². The second-order valence-electron chi connectivity index (χ2n) is 9.32. The lowest BCUT2D eigenvalue weighted by Gasteiger charge is -2.29. The maximum Gasteiger partial charge on any atom is 0.194 e. The molecule has 9 heteroatoms. The summed E-state index contributed by atoms with van der Waals surface area (Å²) in [5.74, 6) is -1.79. The molecule has 1 aliphatic heterocycles. The van der Waals surface area contributed by atoms with Crippen LogP contribution in [0.5, 0.6) is 17.2 Å². The zero-order chi connectivity index (χ0) is 26.1. The van der Waals surface area contributed by atoms with E-state index < -0.39 is 28.5 Å². The average molecular weight is 488 g/mol. The maximum atomic E-state index is 13.9. The van der Waals surface area contributed by atoms with E-state index in [0.717, 1.165) is 16.9 Å². The fourth-order valence-electron chi connectivity index (χ4n) is 5.02. The van der Waals surface area contributed by atoms with E-state index >= 15 is 0 Å². The highest BCUT2D eigenvalue weighted by atomic mass is 16.5. The van der Waals surface area contributed by atoms with Crippen LogP contribution in [0.3, 0.4) is 0 Å². The molecule has 0 fully saturated rings. The van der Waals surface area contributed by atoms with Gasteiger partial charge in [-0.1, -0.05) is 12.1 Å². The smallest absolute Gasteiger partial charge is 0.194 e. The number of phenols is 2. The number of ketones is 3. The molecular weight excluding hydrogens is 462 g/mol. The highest BCUT2D eigenvalue weighted by molar-refractivity contribution is 6.31. The molecule has 36 heavy (non-hydrogen) atoms. The minimum atomic E-state index is -1.55. The third kappa shape index (κ3) is 3.02. The van der Waals surface area contributed by atoms with Crippen molar-refractivity contribution < 1.29 is 29.3 Å². The van der Waals surface area contributed by atoms with Gasteiger partial charge in [0.2, 0.25) is 0 Å². The Kier molecular flexibility index (Phi) is 5.06. The van der Waals surface area contributed by atoms with Crippen LogP contribution in [0.25, 0.3) is 11.0 Å². The standard InChI is InChI=1S/C27H25N3O6/c1-12-23(33)21(14(3)31)25-22(24(12)34)27(4)18(36-25)10-17(32)20(26(27)35)13(2)28-11-19-29-15-8-6-7-9-16(15)30(19)5/h6-10,28,33-34H,11H2,1-5H3/t27-/m0/s1. The van der Waals surface area contributed by atoms with E-state index in [1.807, 2.05) is 35.9 Å². The van der Waals surface area contributed by atoms with E-state index in [4.69, 9.17) is 4.74 Å². The number of imidazole rings is 1. The van der Waals surface area contributed by atoms with Crippen LogP contribution in [0, 0.1) is 6.92 Å². The Balaban J connectivity index is 1.58. The van der Waals surface area contributed by atoms with Gasteiger partial charge in [-0.15, -0.1) is 0 Å². The first kappa shape index (κ1) is 23.3. The third-order valence-corrected chi connectivity index (χ3v) is 7.15. The number of carbonyl (C=O) groups is 3. The van der Waals surface area contributed by atoms with Crippen molar-refractivity contribution in [3.05, 3.63) is 69.9 Å². The molecule has 2 aliphatic rings. The van der Waals surface area contributed by atoms with E-state index in [2.05, 4.69) is 10.3 Å². The van der Waals surface area contributed by atoms with Crippen LogP contribution < -0.4 is 10.1 Å². The fraction of sp³-hybridized carbons (Fsp3) is 0.259. The number of rotatable bonds is 4. The molecule has 1 aliphatic carbocycles. The van der Waals surface area contributed by atoms with E-state index in [-0.39, 0.29) is 46.1 Å². The van der Waals surface area contributed by atoms with E-state index in [1.54, 1.807) is 6.92 Å². The summed E-state index contributed by atoms with van der Waals surface area (Å²) in [5.41, 5.74) is 0.492. The topological polar surface area (TPSA) is 131 Å². The first-order valence-electron chi connectivity index (χ1n) is 11.4. The van der Waals surface area contributed by atoms with E-state index in [9.17, 15) is 24.6 Å². The number of para-hydroxylation sites is 2. The number of aromatic nitrogens is 2. The first-order chi connectivity index (χ1) is 17.0. The highest BCUT2D eigenvalue weighted by Gasteiger charge is 2.56. The number of aryl methyl sites for hydroxylation is 1. The summed E-state index contributed by atoms with van der Waals surface area (Å²) in [6.45, 7) is 6.14. The number of hydrogen-bond acceptors (Lipinski definition) is 8. The summed E-state index contributed by atoms with van der Waals surface area (Å²) in [6, 6.07) is 7.69. The Morgan fingerprint density at radius 3 is 2.53 bits per heavy atom. The average Bonchev–Trinajstić information content (AvgIpc) is 3.30. The molecule has 0 radical (unpaired) electrons. The molecule has 0 bridgehead atoms. The number of ether oxygens (including phenoxy) is 1. The van der Waals surface area contributed by atoms with Gasteiger partial charge in [0.25, 0.3) is 0 Å². The zero-order valence-corrected chi connectivity index (χ0v) is 20.5. The van der Waals surface area contributed by atoms with E-state index in [0.29, 0.717) is 5.70 Å². The van der Waals surface area contributed by atoms with Crippen LogP contribution in [0.2, 0.25) is 0 Å². The van der Waals surface area contributed by atoms with Crippen LogP contribution in [-0.4, -0.2) is 37.1 Å². The molecule has 0 unspecified atom stereocenters. The monoisotopic (exact) mass is 487 g/mol. The number of allylic oxidation sites excluding steroid dienone is 4. The number of benzene rings is 2. The van der Waals surface area contributed by atoms with Gasteiger partial charge in [0.15, 0.2) is 17.3 Å². The predicted octanol–water partition coefficient (Wildman–Crippen LogP) is 3.25. The number of nitrogens with one attached hydrogen (secondary N) is 1. The number of phenolic OH excluding ortho intramolecular Hbond substituents is 2. The summed E-state index contributed by atoms with van der Waals surface area (Å²) in [7, 11) is 1.89. The Bertz CT molecular complexity index is 1590. The van der Waals surface area contributed by atoms with Gasteiger partial charge < -0.3 is 24.8 Å². The number of aromatic hydroxyl groups is 2. The summed E-state index contributed by atoms with van der Waals surface area (Å²) < 4.78 is 7.73. The molecule has 1 atom stereocenters. The van der Waals surface area contributed by atoms with Crippen molar-refractivity contribution in [2.75, 3.05) is 0 Å². The van der Waals surface area contributed by atoms with Crippen LogP contribution >= 0.6 is 0 Å². The molecule has 3 N–H and O–H groups in total. The fourth-order valence-corrected chi connectivity index (χ4v) is 5.02. The summed E-state index contributed by atoms with van der Waals surface area (Å²) in [4.78, 5) is 43.9. The molecule has 2 aromatic carbocycles. The van der Waals surface area contributed by atoms with Crippen molar-refractivity contribution in [1.82, 2.24) is 14.9 Å². The molecule has 9 nitrogen and oxygen atoms in total. The Labute approximate surface area is 206 Å². The van der Waals surface area contributed by atoms with Crippen molar-refractivity contribution in [1.29, 1.82) is 0 Å². The second-order valence-corrected chi connectivity index (χ2v) is 9.32. The van der Waals surface area contributed by atoms with Gasteiger partial charge in [0, 0.05) is 24.4 Å². The maximum absolute atomic E-state index is 13.9. The zero-order valence-electron chi connectivity index (χ0n) is 20.5. The minimum absolute atomic E-state index is 0.00204. The molecule has 2 heterocycles. The molecule has 0 saturated carbocycles. The van der Waals surface area contributed by atoms with Crippen molar-refractivity contribution in [2.45, 2.75) is 39.7 Å². The Hall–Kier alpha value is -4.40. The van der Waals surface area contributed by atoms with Crippen molar-refractivity contribution in [2.24, 2.45) is 7.05 Å². The number of Topliss-reactive ketones (excluding diaryl/α,β-unsaturated/α-hetero) is 2. The number of nitrogens with zero attached hydrogens (tertiary/aromatic N) is 2. The molecule has 3 aromatic rings. The van der Waals surface area contributed by atoms with Gasteiger partial charge >= 0.3 is 0 Å². The molecule has 5 rings (SSSR count). The largest absolute Gasteiger partial charge is 0.507 e. The number of fused-ring (bicyclic) bond motifs is 4. The van der Waals surface area contributed by atoms with Gasteiger partial charge in [0.1, 0.15) is 39.8 Å². The number of hydrogen-bond donors (Lipinski definition) is 3. The van der Waals surface area contributed by atoms with Crippen LogP contribution in [0.4, 0.5) is 0 Å². The SMILES string of the molecule is CC(=O)c1c(O)c(C)c(O)c2c1OC1=CC(=O)C(=C(C)NCc3nc4ccccc4n3C)C(=O)[C@@]12C. The molecule has 1 aromatic heterocycles. The Morgan fingerprint density at radius 2 is 1.86 bits per heavy atom. The van der Waals surface area contributed by atoms with Gasteiger partial charge in [0.05, 0.1) is 28.7 Å². The van der Waals surface area contributed by atoms with Gasteiger partial charge in [-0.05, 0) is 39.8 Å². The summed E-state index contributed by atoms with van der Waals surface area (Å²) in [6.07, 6.45) is 1.20. The van der Waals surface area contributed by atoms with Crippen molar-refractivity contribution in [3.8, 4) is 17.2 Å². The molecule has 184 valence electrons. The normalized spacial score (nSPS) is 20.1. The highest BCUT2D eigenvalue weighted by Crippen LogP contribution is 2.57. The second kappa shape index (κ2) is 7.81. The van der Waals surface area contributed by atoms with E-state index in [1.165, 1.54) is 26.8 Å². The summed E-state index contributed by atoms with van der Waals surface area (Å²) in [5, 5.41) is 24.5. The first-order valence-corrected chi connectivity index (χ1v) is 11.4. The van der Waals surface area contributed by atoms with Crippen molar-refractivity contribution in [3.63, 3.8) is 0 Å². The lowest BCUT2D eigenvalue weighted by molar-refractivity contribution is -0.123. The summed E-state index contributed by atoms with van der Waals surface area (Å²) >= 11 is 0. The molecule has 0 spiro atoms. The predicted molar refractivity (Wildman–Crippen MR) is 131 cm³/mol. The lowest BCUT2D eigenvalue weighted by atomic mass is 9.70. The van der Waals surface area contributed by atoms with Crippen molar-refractivity contribution >= 4 is 28.4 Å². The molecule has 0 saturated heterocycles. The van der Waals surface area contributed by atoms with Gasteiger partial charge in [-0.3, -0.25) is 14.4 Å². The molecule has 0 amide bonds. The quantitative estimate of drug-likeness (QED) is 0.290. The van der Waals surface area contributed by atoms with Crippen LogP contribution in [-0.2, 0) is 28.6 Å². The van der Waals surface area contributed by atoms with Gasteiger partial charge in [-0.25, -0.2) is 4.98 Å². The van der Waals surface area contributed by atoms with Gasteiger partial charge in [-0.2, -0.15) is 0 Å². The lowest BCUT2D eigenvalue weighted by Crippen LogP contribution is -2.41. The minimum Gasteiger partial charge on any atom is -0.507 e. The third-order valence-electron chi connectivity index (χ3n) is 7.15.